The number of aryl methyl sites for hydroxylation is 5. The SMILES string of the molecule is COc1cccc2c(C(=O)NCC(C)C)cn(CCCN3C4CCC3CC(Oc3ccc(Cl)cc3)C4)c12.COc1cccc2c(C(=O)NCc3cccc(C)c3)cn(CCCN3C4CCC3CC(Oc3ccc(Cl)cc3)C4)c12.COc1cccc2c(C(=O)NCc3cccc(C)c3)cn(CCCN3CCCC(Oc4ccc(Cl)cc4)C3)c12. The van der Waals surface area contributed by atoms with Crippen LogP contribution in [0.25, 0.3) is 32.7 Å². The number of hydrogen-bond acceptors (Lipinski definition) is 12. The third kappa shape index (κ3) is 21.3. The number of aromatic nitrogens is 3. The van der Waals surface area contributed by atoms with Crippen LogP contribution < -0.4 is 44.4 Å². The van der Waals surface area contributed by atoms with Crippen molar-refractivity contribution in [3.8, 4) is 34.5 Å². The van der Waals surface area contributed by atoms with Gasteiger partial charge in [-0.15, -0.1) is 0 Å². The summed E-state index contributed by atoms with van der Waals surface area (Å²) < 4.78 is 42.5. The smallest absolute Gasteiger partial charge is 0.253 e. The molecule has 8 heterocycles. The van der Waals surface area contributed by atoms with Gasteiger partial charge >= 0.3 is 0 Å². The van der Waals surface area contributed by atoms with Crippen molar-refractivity contribution in [3.05, 3.63) is 249 Å². The number of hydrogen-bond donors (Lipinski definition) is 3. The molecule has 0 spiro atoms. The summed E-state index contributed by atoms with van der Waals surface area (Å²) in [4.78, 5) is 47.4. The van der Waals surface area contributed by atoms with Crippen molar-refractivity contribution in [2.24, 2.45) is 5.92 Å². The summed E-state index contributed by atoms with van der Waals surface area (Å²) >= 11 is 18.1. The van der Waals surface area contributed by atoms with E-state index < -0.39 is 0 Å². The van der Waals surface area contributed by atoms with Crippen LogP contribution in [0.1, 0.15) is 151 Å². The van der Waals surface area contributed by atoms with Crippen molar-refractivity contribution in [2.75, 3.05) is 60.6 Å². The number of para-hydroxylation sites is 3. The minimum Gasteiger partial charge on any atom is -0.495 e. The van der Waals surface area contributed by atoms with E-state index >= 15 is 0 Å². The van der Waals surface area contributed by atoms with Gasteiger partial charge in [-0.25, -0.2) is 0 Å². The van der Waals surface area contributed by atoms with Gasteiger partial charge in [0.25, 0.3) is 17.7 Å². The predicted octanol–water partition coefficient (Wildman–Crippen LogP) is 19.6. The van der Waals surface area contributed by atoms with Gasteiger partial charge in [0.2, 0.25) is 0 Å². The van der Waals surface area contributed by atoms with Gasteiger partial charge in [-0.05, 0) is 218 Å². The van der Waals surface area contributed by atoms with Gasteiger partial charge in [0.15, 0.2) is 0 Å². The number of methoxy groups -OCH3 is 3. The molecule has 3 N–H and O–H groups in total. The van der Waals surface area contributed by atoms with Crippen LogP contribution in [0.2, 0.25) is 15.1 Å². The molecule has 3 aromatic heterocycles. The summed E-state index contributed by atoms with van der Waals surface area (Å²) in [5, 5.41) is 14.2. The van der Waals surface area contributed by atoms with Crippen molar-refractivity contribution in [1.82, 2.24) is 44.4 Å². The first kappa shape index (κ1) is 83.8. The van der Waals surface area contributed by atoms with Gasteiger partial charge in [0.1, 0.15) is 52.8 Å². The molecule has 5 atom stereocenters. The van der Waals surface area contributed by atoms with Gasteiger partial charge in [0, 0.05) is 133 Å². The van der Waals surface area contributed by atoms with E-state index in [4.69, 9.17) is 63.2 Å². The Labute approximate surface area is 703 Å². The number of likely N-dealkylation sites (tertiary alicyclic amines) is 1. The Morgan fingerprint density at radius 3 is 1.13 bits per heavy atom. The van der Waals surface area contributed by atoms with E-state index in [1.165, 1.54) is 36.8 Å². The minimum atomic E-state index is -0.0771. The summed E-state index contributed by atoms with van der Waals surface area (Å²) in [6.45, 7) is 17.5. The lowest BCUT2D eigenvalue weighted by Crippen LogP contribution is -2.46. The van der Waals surface area contributed by atoms with Gasteiger partial charge in [-0.1, -0.05) is 145 Å². The Hall–Kier alpha value is -9.66. The van der Waals surface area contributed by atoms with Gasteiger partial charge in [-0.2, -0.15) is 0 Å². The summed E-state index contributed by atoms with van der Waals surface area (Å²) in [7, 11) is 5.06. The van der Waals surface area contributed by atoms with Crippen LogP contribution in [0, 0.1) is 19.8 Å². The van der Waals surface area contributed by atoms with Crippen LogP contribution in [-0.2, 0) is 32.7 Å². The number of amides is 3. The van der Waals surface area contributed by atoms with Gasteiger partial charge < -0.3 is 58.1 Å². The van der Waals surface area contributed by atoms with E-state index in [1.54, 1.807) is 21.3 Å². The fourth-order valence-corrected chi connectivity index (χ4v) is 18.6. The molecule has 0 saturated carbocycles. The van der Waals surface area contributed by atoms with Crippen LogP contribution in [0.15, 0.2) is 195 Å². The second-order valence-electron chi connectivity index (χ2n) is 32.5. The van der Waals surface area contributed by atoms with Crippen molar-refractivity contribution in [1.29, 1.82) is 0 Å². The maximum absolute atomic E-state index is 13.3. The molecule has 21 heteroatoms. The van der Waals surface area contributed by atoms with Crippen molar-refractivity contribution < 1.29 is 42.8 Å². The number of nitrogens with one attached hydrogen (secondary N) is 3. The van der Waals surface area contributed by atoms with Crippen molar-refractivity contribution >= 4 is 85.2 Å². The largest absolute Gasteiger partial charge is 0.495 e. The fourth-order valence-electron chi connectivity index (χ4n) is 18.2. The van der Waals surface area contributed by atoms with Crippen LogP contribution in [-0.4, -0.2) is 149 Å². The summed E-state index contributed by atoms with van der Waals surface area (Å²) in [5.74, 6) is 5.29. The quantitative estimate of drug-likeness (QED) is 0.0390. The highest BCUT2D eigenvalue weighted by Crippen LogP contribution is 2.41. The Balaban J connectivity index is 0.000000145. The maximum atomic E-state index is 13.3. The van der Waals surface area contributed by atoms with Gasteiger partial charge in [-0.3, -0.25) is 29.1 Å². The number of fused-ring (bicyclic) bond motifs is 7. The average molecular weight is 1640 g/mol. The van der Waals surface area contributed by atoms with Crippen LogP contribution >= 0.6 is 34.8 Å². The number of rotatable bonds is 30. The number of carbonyl (C=O) groups excluding carboxylic acids is 3. The molecule has 8 aromatic carbocycles. The molecule has 5 aliphatic rings. The van der Waals surface area contributed by atoms with Crippen molar-refractivity contribution in [3.63, 3.8) is 0 Å². The highest BCUT2D eigenvalue weighted by molar-refractivity contribution is 6.31. The molecule has 5 unspecified atom stereocenters. The zero-order chi connectivity index (χ0) is 81.5. The van der Waals surface area contributed by atoms with Crippen molar-refractivity contribution in [2.45, 2.75) is 186 Å². The first-order chi connectivity index (χ1) is 56.9. The highest BCUT2D eigenvalue weighted by Gasteiger charge is 2.43. The second kappa shape index (κ2) is 39.7. The molecule has 5 aliphatic heterocycles. The summed E-state index contributed by atoms with van der Waals surface area (Å²) in [6, 6.07) is 59.5. The van der Waals surface area contributed by atoms with E-state index in [1.807, 2.05) is 170 Å². The zero-order valence-electron chi connectivity index (χ0n) is 68.6. The number of carbonyl (C=O) groups is 3. The molecular formula is C96H112Cl3N9O9. The average Bonchev–Trinajstić information content (AvgIpc) is 1.63. The lowest BCUT2D eigenvalue weighted by Gasteiger charge is -2.39. The number of ether oxygens (including phenoxy) is 6. The Kier molecular flexibility index (Phi) is 28.5. The first-order valence-corrected chi connectivity index (χ1v) is 43.0. The number of nitrogens with zero attached hydrogens (tertiary/aromatic N) is 6. The molecule has 16 rings (SSSR count). The molecule has 0 radical (unpaired) electrons. The molecule has 11 aromatic rings. The zero-order valence-corrected chi connectivity index (χ0v) is 70.8. The molecule has 3 amide bonds. The molecule has 5 saturated heterocycles. The highest BCUT2D eigenvalue weighted by atomic mass is 35.5. The normalized spacial score (nSPS) is 19.2. The number of halogens is 3. The molecule has 18 nitrogen and oxygen atoms in total. The lowest BCUT2D eigenvalue weighted by atomic mass is 9.99. The fraction of sp³-hybridized carbons (Fsp3) is 0.406. The molecular weight excluding hydrogens is 1530 g/mol. The molecule has 616 valence electrons. The van der Waals surface area contributed by atoms with E-state index in [2.05, 4.69) is 96.3 Å². The topological polar surface area (TPSA) is 167 Å². The lowest BCUT2D eigenvalue weighted by molar-refractivity contribution is 0.0480. The third-order valence-electron chi connectivity index (χ3n) is 23.7. The Bertz CT molecular complexity index is 5130. The third-order valence-corrected chi connectivity index (χ3v) is 24.5. The summed E-state index contributed by atoms with van der Waals surface area (Å²) in [6.07, 6.45) is 21.0. The molecule has 0 aliphatic carbocycles. The minimum absolute atomic E-state index is 0.0218. The van der Waals surface area contributed by atoms with E-state index in [9.17, 15) is 14.4 Å². The Morgan fingerprint density at radius 2 is 0.769 bits per heavy atom. The second-order valence-corrected chi connectivity index (χ2v) is 33.8. The van der Waals surface area contributed by atoms with E-state index in [-0.39, 0.29) is 36.0 Å². The predicted molar refractivity (Wildman–Crippen MR) is 470 cm³/mol. The molecule has 5 fully saturated rings. The first-order valence-electron chi connectivity index (χ1n) is 41.8. The summed E-state index contributed by atoms with van der Waals surface area (Å²) in [5.41, 5.74) is 9.56. The molecule has 4 bridgehead atoms. The maximum Gasteiger partial charge on any atom is 0.253 e. The monoisotopic (exact) mass is 1640 g/mol. The Morgan fingerprint density at radius 1 is 0.419 bits per heavy atom. The molecule has 117 heavy (non-hydrogen) atoms. The number of benzene rings is 8. The van der Waals surface area contributed by atoms with Crippen LogP contribution in [0.3, 0.4) is 0 Å². The van der Waals surface area contributed by atoms with Gasteiger partial charge in [0.05, 0.1) is 54.6 Å². The van der Waals surface area contributed by atoms with Crippen LogP contribution in [0.4, 0.5) is 0 Å². The number of piperidine rings is 3. The van der Waals surface area contributed by atoms with E-state index in [0.29, 0.717) is 65.9 Å². The van der Waals surface area contributed by atoms with Crippen LogP contribution in [0.5, 0.6) is 34.5 Å². The van der Waals surface area contributed by atoms with E-state index in [0.717, 1.165) is 204 Å². The standard InChI is InChI=1S/C34H38ClN3O3.C32H36ClN3O3.C30H38ClN3O3/c1-23-6-3-7-24(18-23)21-36-34(39)31-22-37(33-30(31)8-4-9-32(33)40-2)16-5-17-38-26-12-13-27(38)20-29(19-26)41-28-14-10-25(35)11-15-28;1-23-7-3-8-24(19-23)20-34-32(37)29-22-36(31-28(29)10-4-11-30(31)38-2)18-6-17-35-16-5-9-27(21-35)39-26-14-12-25(33)13-15-26;1-20(2)18-32-30(35)27-19-33(29-26(27)6-4-7-28(29)36-3)14-5-15-34-22-10-11-23(34)17-25(16-22)37-24-12-8-21(31)9-13-24/h3-4,6-11,14-15,18,22,26-27,29H,5,12-13,16-17,19-21H2,1-2H3,(H,36,39);3-4,7-8,10-15,19,22,27H,5-6,9,16-18,20-21H2,1-2H3,(H,34,37);4,6-9,12-13,19-20,22-23,25H,5,10-11,14-18H2,1-3H3,(H,32,35).